The molecule has 0 aliphatic rings. The van der Waals surface area contributed by atoms with Gasteiger partial charge in [0, 0.05) is 6.54 Å². The van der Waals surface area contributed by atoms with Crippen LogP contribution in [0.2, 0.25) is 0 Å². The first-order valence-corrected chi connectivity index (χ1v) is 10.7. The number of nitrogens with one attached hydrogen (secondary N) is 4. The van der Waals surface area contributed by atoms with Crippen molar-refractivity contribution in [1.29, 1.82) is 0 Å². The van der Waals surface area contributed by atoms with Crippen molar-refractivity contribution < 1.29 is 29.4 Å². The minimum Gasteiger partial charge on any atom is -0.444 e. The maximum atomic E-state index is 12.7. The molecule has 0 saturated carbocycles. The smallest absolute Gasteiger partial charge is 0.408 e. The summed E-state index contributed by atoms with van der Waals surface area (Å²) in [5.74, 6) is -1.34. The summed E-state index contributed by atoms with van der Waals surface area (Å²) in [6.07, 6.45) is 1.67. The molecular formula is C16H31N7O7S. The normalized spacial score (nSPS) is 13.5. The zero-order valence-electron chi connectivity index (χ0n) is 18.0. The van der Waals surface area contributed by atoms with Crippen LogP contribution in [0.1, 0.15) is 40.0 Å². The minimum absolute atomic E-state index is 0.0680. The highest BCUT2D eigenvalue weighted by atomic mass is 32.2. The summed E-state index contributed by atoms with van der Waals surface area (Å²) in [5, 5.41) is 28.5. The lowest BCUT2D eigenvalue weighted by Crippen LogP contribution is -2.54. The highest BCUT2D eigenvalue weighted by molar-refractivity contribution is 7.98. The molecule has 15 heteroatoms. The molecule has 0 aromatic rings. The molecule has 31 heavy (non-hydrogen) atoms. The van der Waals surface area contributed by atoms with Crippen LogP contribution in [-0.4, -0.2) is 70.3 Å². The van der Waals surface area contributed by atoms with E-state index in [1.165, 1.54) is 17.2 Å². The fourth-order valence-electron chi connectivity index (χ4n) is 2.22. The van der Waals surface area contributed by atoms with Crippen molar-refractivity contribution in [3.8, 4) is 0 Å². The predicted molar refractivity (Wildman–Crippen MR) is 114 cm³/mol. The summed E-state index contributed by atoms with van der Waals surface area (Å²) in [6.45, 7) is 5.17. The van der Waals surface area contributed by atoms with Gasteiger partial charge in [-0.05, 0) is 52.0 Å². The Morgan fingerprint density at radius 2 is 1.81 bits per heavy atom. The molecule has 0 radical (unpaired) electrons. The molecule has 0 saturated heterocycles. The van der Waals surface area contributed by atoms with Crippen LogP contribution in [0.25, 0.3) is 0 Å². The third-order valence-electron chi connectivity index (χ3n) is 3.53. The monoisotopic (exact) mass is 465 g/mol. The van der Waals surface area contributed by atoms with E-state index in [1.54, 1.807) is 20.8 Å². The summed E-state index contributed by atoms with van der Waals surface area (Å²) in [6, 6.07) is -2.08. The van der Waals surface area contributed by atoms with Crippen LogP contribution in [0.15, 0.2) is 5.10 Å². The molecule has 0 unspecified atom stereocenters. The second-order valence-corrected chi connectivity index (χ2v) is 8.30. The Kier molecular flexibility index (Phi) is 12.9. The van der Waals surface area contributed by atoms with Crippen LogP contribution in [0.3, 0.4) is 0 Å². The number of hydrogen-bond acceptors (Lipinski definition) is 8. The van der Waals surface area contributed by atoms with Crippen LogP contribution in [-0.2, 0) is 14.3 Å². The van der Waals surface area contributed by atoms with Crippen LogP contribution >= 0.6 is 11.8 Å². The molecule has 0 heterocycles. The molecule has 0 rings (SSSR count). The zero-order valence-corrected chi connectivity index (χ0v) is 18.8. The lowest BCUT2D eigenvalue weighted by molar-refractivity contribution is -0.485. The van der Waals surface area contributed by atoms with Gasteiger partial charge in [0.2, 0.25) is 5.91 Å². The number of guanidine groups is 1. The van der Waals surface area contributed by atoms with Gasteiger partial charge in [-0.25, -0.2) is 20.4 Å². The fourth-order valence-corrected chi connectivity index (χ4v) is 2.69. The summed E-state index contributed by atoms with van der Waals surface area (Å²) in [7, 11) is 0. The van der Waals surface area contributed by atoms with E-state index in [9.17, 15) is 24.5 Å². The van der Waals surface area contributed by atoms with E-state index >= 15 is 0 Å². The maximum absolute atomic E-state index is 12.7. The van der Waals surface area contributed by atoms with Crippen molar-refractivity contribution in [3.05, 3.63) is 10.1 Å². The SMILES string of the molecule is CSCC[C@H](NC(=O)OC(C)(C)C)C(=O)N[C@@H](CCCN/C(N)=N/[N+](=O)[O-])C(=O)NO. The lowest BCUT2D eigenvalue weighted by atomic mass is 10.1. The molecule has 14 nitrogen and oxygen atoms in total. The van der Waals surface area contributed by atoms with Gasteiger partial charge in [-0.1, -0.05) is 0 Å². The third-order valence-corrected chi connectivity index (χ3v) is 4.17. The van der Waals surface area contributed by atoms with Crippen molar-refractivity contribution in [1.82, 2.24) is 21.4 Å². The quantitative estimate of drug-likeness (QED) is 0.0543. The Morgan fingerprint density at radius 1 is 1.19 bits per heavy atom. The van der Waals surface area contributed by atoms with Gasteiger partial charge < -0.3 is 26.4 Å². The molecule has 0 aromatic carbocycles. The van der Waals surface area contributed by atoms with Gasteiger partial charge in [0.1, 0.15) is 22.8 Å². The number of hydrazone groups is 1. The molecule has 178 valence electrons. The first-order valence-electron chi connectivity index (χ1n) is 9.34. The molecule has 7 N–H and O–H groups in total. The third kappa shape index (κ3) is 13.9. The first kappa shape index (κ1) is 28.2. The number of amides is 3. The number of rotatable bonds is 12. The topological polar surface area (TPSA) is 210 Å². The number of carbonyl (C=O) groups excluding carboxylic acids is 3. The van der Waals surface area contributed by atoms with Crippen molar-refractivity contribution >= 4 is 35.6 Å². The first-order chi connectivity index (χ1) is 14.4. The summed E-state index contributed by atoms with van der Waals surface area (Å²) >= 11 is 1.47. The Labute approximate surface area is 184 Å². The second-order valence-electron chi connectivity index (χ2n) is 7.31. The average molecular weight is 466 g/mol. The van der Waals surface area contributed by atoms with Gasteiger partial charge in [-0.2, -0.15) is 11.8 Å². The number of thioether (sulfide) groups is 1. The van der Waals surface area contributed by atoms with Gasteiger partial charge in [0.05, 0.1) is 0 Å². The van der Waals surface area contributed by atoms with Gasteiger partial charge in [0.25, 0.3) is 11.9 Å². The van der Waals surface area contributed by atoms with Crippen LogP contribution in [0.5, 0.6) is 0 Å². The minimum atomic E-state index is -1.12. The summed E-state index contributed by atoms with van der Waals surface area (Å²) in [5.41, 5.74) is 6.01. The number of carbonyl (C=O) groups is 3. The highest BCUT2D eigenvalue weighted by Gasteiger charge is 2.28. The van der Waals surface area contributed by atoms with Gasteiger partial charge in [-0.3, -0.25) is 14.8 Å². The van der Waals surface area contributed by atoms with Crippen molar-refractivity contribution in [3.63, 3.8) is 0 Å². The fraction of sp³-hybridized carbons (Fsp3) is 0.750. The Morgan fingerprint density at radius 3 is 2.32 bits per heavy atom. The molecule has 2 atom stereocenters. The van der Waals surface area contributed by atoms with E-state index in [4.69, 9.17) is 15.7 Å². The molecule has 3 amide bonds. The van der Waals surface area contributed by atoms with Crippen LogP contribution < -0.4 is 27.2 Å². The molecule has 0 aromatic heterocycles. The van der Waals surface area contributed by atoms with Crippen LogP contribution in [0.4, 0.5) is 4.79 Å². The van der Waals surface area contributed by atoms with E-state index in [0.29, 0.717) is 5.75 Å². The molecule has 0 aliphatic heterocycles. The van der Waals surface area contributed by atoms with Gasteiger partial charge in [0.15, 0.2) is 5.03 Å². The second kappa shape index (κ2) is 14.2. The molecule has 0 fully saturated rings. The number of nitrogens with zero attached hydrogens (tertiary/aromatic N) is 2. The van der Waals surface area contributed by atoms with Crippen molar-refractivity contribution in [2.45, 2.75) is 57.7 Å². The molecule has 0 bridgehead atoms. The summed E-state index contributed by atoms with van der Waals surface area (Å²) in [4.78, 5) is 46.8. The van der Waals surface area contributed by atoms with Gasteiger partial charge in [-0.15, -0.1) is 0 Å². The Hall–Kier alpha value is -2.81. The standard InChI is InChI=1S/C16H31N7O7S/c1-16(2,3)30-15(26)20-11(7-9-31-4)12(24)19-10(13(25)22-27)6-5-8-18-14(17)21-23(28)29/h10-11,27H,5-9H2,1-4H3,(H,19,24)(H,20,26)(H,22,25)(H3,17,18,21)/t10-,11-/m0/s1. The van der Waals surface area contributed by atoms with Gasteiger partial charge >= 0.3 is 6.09 Å². The van der Waals surface area contributed by atoms with E-state index in [0.717, 1.165) is 0 Å². The predicted octanol–water partition coefficient (Wildman–Crippen LogP) is -0.501. The maximum Gasteiger partial charge on any atom is 0.408 e. The van der Waals surface area contributed by atoms with E-state index in [2.05, 4.69) is 21.1 Å². The van der Waals surface area contributed by atoms with E-state index in [-0.39, 0.29) is 25.8 Å². The highest BCUT2D eigenvalue weighted by Crippen LogP contribution is 2.09. The number of hydroxylamine groups is 1. The average Bonchev–Trinajstić information content (AvgIpc) is 2.64. The number of alkyl carbamates (subject to hydrolysis) is 1. The van der Waals surface area contributed by atoms with Crippen molar-refractivity contribution in [2.75, 3.05) is 18.6 Å². The zero-order chi connectivity index (χ0) is 24.0. The number of nitrogens with two attached hydrogens (primary N) is 1. The molecule has 0 spiro atoms. The van der Waals surface area contributed by atoms with Crippen LogP contribution in [0, 0.1) is 10.1 Å². The number of ether oxygens (including phenoxy) is 1. The Bertz CT molecular complexity index is 655. The summed E-state index contributed by atoms with van der Waals surface area (Å²) < 4.78 is 5.17. The Balaban J connectivity index is 4.98. The molecule has 0 aliphatic carbocycles. The molecular weight excluding hydrogens is 434 g/mol. The van der Waals surface area contributed by atoms with E-state index < -0.39 is 46.6 Å². The lowest BCUT2D eigenvalue weighted by Gasteiger charge is -2.25. The number of nitro groups is 1. The largest absolute Gasteiger partial charge is 0.444 e. The number of hydrogen-bond donors (Lipinski definition) is 6. The van der Waals surface area contributed by atoms with Crippen molar-refractivity contribution in [2.24, 2.45) is 10.8 Å². The van der Waals surface area contributed by atoms with E-state index in [1.807, 2.05) is 6.26 Å².